The number of benzene rings is 3. The molecular formula is C27H31N5O3S. The molecular weight excluding hydrogens is 474 g/mol. The van der Waals surface area contributed by atoms with Crippen molar-refractivity contribution in [3.8, 4) is 5.75 Å². The number of rotatable bonds is 8. The number of anilines is 2. The van der Waals surface area contributed by atoms with Crippen LogP contribution in [0, 0.1) is 5.41 Å². The molecule has 4 N–H and O–H groups in total. The lowest BCUT2D eigenvalue weighted by atomic mass is 10.1. The van der Waals surface area contributed by atoms with Crippen LogP contribution in [0.4, 0.5) is 11.4 Å². The normalized spacial score (nSPS) is 14.8. The van der Waals surface area contributed by atoms with Crippen LogP contribution in [-0.4, -0.2) is 57.6 Å². The Morgan fingerprint density at radius 2 is 1.69 bits per heavy atom. The number of carbonyl (C=O) groups is 1. The first-order valence-electron chi connectivity index (χ1n) is 11.8. The predicted molar refractivity (Wildman–Crippen MR) is 144 cm³/mol. The number of carbonyl (C=O) groups excluding carboxylic acids is 1. The van der Waals surface area contributed by atoms with Gasteiger partial charge in [-0.2, -0.15) is 0 Å². The van der Waals surface area contributed by atoms with Gasteiger partial charge in [0.1, 0.15) is 18.2 Å². The van der Waals surface area contributed by atoms with E-state index in [4.69, 9.17) is 15.9 Å². The quantitative estimate of drug-likeness (QED) is 0.247. The van der Waals surface area contributed by atoms with Crippen molar-refractivity contribution in [1.29, 1.82) is 5.41 Å². The number of piperazine rings is 1. The van der Waals surface area contributed by atoms with Crippen molar-refractivity contribution < 1.29 is 13.7 Å². The van der Waals surface area contributed by atoms with Crippen molar-refractivity contribution in [2.75, 3.05) is 43.5 Å². The van der Waals surface area contributed by atoms with Crippen LogP contribution in [0.25, 0.3) is 0 Å². The Kier molecular flexibility index (Phi) is 8.35. The minimum absolute atomic E-state index is 0.158. The molecule has 0 spiro atoms. The number of amidine groups is 1. The zero-order valence-corrected chi connectivity index (χ0v) is 21.1. The highest BCUT2D eigenvalue weighted by atomic mass is 32.2. The van der Waals surface area contributed by atoms with Crippen molar-refractivity contribution in [2.45, 2.75) is 13.0 Å². The molecule has 188 valence electrons. The van der Waals surface area contributed by atoms with Gasteiger partial charge in [0.05, 0.1) is 17.4 Å². The summed E-state index contributed by atoms with van der Waals surface area (Å²) in [5.74, 6) is 0.890. The molecule has 0 saturated carbocycles. The van der Waals surface area contributed by atoms with Gasteiger partial charge in [-0.25, -0.2) is 8.51 Å². The summed E-state index contributed by atoms with van der Waals surface area (Å²) < 4.78 is 19.4. The van der Waals surface area contributed by atoms with E-state index in [1.165, 1.54) is 0 Å². The van der Waals surface area contributed by atoms with E-state index in [1.54, 1.807) is 24.5 Å². The summed E-state index contributed by atoms with van der Waals surface area (Å²) in [7, 11) is -1.01. The van der Waals surface area contributed by atoms with Crippen molar-refractivity contribution in [2.24, 2.45) is 0 Å². The van der Waals surface area contributed by atoms with Crippen molar-refractivity contribution in [3.63, 3.8) is 0 Å². The van der Waals surface area contributed by atoms with E-state index in [1.807, 2.05) is 63.8 Å². The lowest BCUT2D eigenvalue weighted by Gasteiger charge is -2.35. The first kappa shape index (κ1) is 25.4. The average molecular weight is 506 g/mol. The fraction of sp³-hybridized carbons (Fsp3) is 0.259. The van der Waals surface area contributed by atoms with E-state index in [-0.39, 0.29) is 12.3 Å². The number of amides is 1. The third-order valence-corrected chi connectivity index (χ3v) is 7.14. The maximum atomic E-state index is 12.7. The molecule has 4 rings (SSSR count). The van der Waals surface area contributed by atoms with Crippen LogP contribution in [0.1, 0.15) is 16.7 Å². The number of nitrogen functional groups attached to an aromatic ring is 1. The lowest BCUT2D eigenvalue weighted by Crippen LogP contribution is -2.49. The van der Waals surface area contributed by atoms with Gasteiger partial charge in [-0.3, -0.25) is 10.2 Å². The second-order valence-electron chi connectivity index (χ2n) is 8.63. The van der Waals surface area contributed by atoms with E-state index in [2.05, 4.69) is 5.32 Å². The molecule has 1 heterocycles. The molecule has 1 aliphatic rings. The van der Waals surface area contributed by atoms with Gasteiger partial charge in [0.15, 0.2) is 0 Å². The smallest absolute Gasteiger partial charge is 0.228 e. The molecule has 1 saturated heterocycles. The highest BCUT2D eigenvalue weighted by Crippen LogP contribution is 2.21. The Morgan fingerprint density at radius 3 is 2.36 bits per heavy atom. The molecule has 1 fully saturated rings. The van der Waals surface area contributed by atoms with Gasteiger partial charge in [-0.15, -0.1) is 0 Å². The Labute approximate surface area is 214 Å². The van der Waals surface area contributed by atoms with Crippen LogP contribution in [0.3, 0.4) is 0 Å². The summed E-state index contributed by atoms with van der Waals surface area (Å²) in [5.41, 5.74) is 9.75. The minimum Gasteiger partial charge on any atom is -0.489 e. The molecule has 36 heavy (non-hydrogen) atoms. The number of nitrogens with zero attached hydrogens (tertiary/aromatic N) is 2. The van der Waals surface area contributed by atoms with Crippen LogP contribution in [0.5, 0.6) is 5.75 Å². The van der Waals surface area contributed by atoms with Gasteiger partial charge in [-0.05, 0) is 41.5 Å². The second-order valence-corrected chi connectivity index (χ2v) is 10.00. The van der Waals surface area contributed by atoms with Gasteiger partial charge in [0.2, 0.25) is 5.91 Å². The standard InChI is InChI=1S/C27H31N5O3S/c1-36(34)32-15-13-31(14-16-32)27(29)24-18-22(9-12-25(24)28)30-26(33)17-20-7-10-23(11-8-20)35-19-21-5-3-2-4-6-21/h2-12,18,29H,13-17,19,28H2,1H3,(H,30,33). The molecule has 1 unspecified atom stereocenters. The molecule has 0 bridgehead atoms. The summed E-state index contributed by atoms with van der Waals surface area (Å²) in [4.78, 5) is 14.6. The zero-order chi connectivity index (χ0) is 25.5. The number of nitrogens with two attached hydrogens (primary N) is 1. The number of hydrogen-bond donors (Lipinski definition) is 3. The molecule has 8 nitrogen and oxygen atoms in total. The second kappa shape index (κ2) is 11.8. The van der Waals surface area contributed by atoms with Crippen LogP contribution in [-0.2, 0) is 28.8 Å². The average Bonchev–Trinajstić information content (AvgIpc) is 2.89. The van der Waals surface area contributed by atoms with Gasteiger partial charge < -0.3 is 20.7 Å². The number of nitrogens with one attached hydrogen (secondary N) is 2. The summed E-state index contributed by atoms with van der Waals surface area (Å²) >= 11 is 0. The molecule has 9 heteroatoms. The number of ether oxygens (including phenoxy) is 1. The van der Waals surface area contributed by atoms with E-state index in [9.17, 15) is 9.00 Å². The molecule has 0 radical (unpaired) electrons. The first-order chi connectivity index (χ1) is 17.4. The summed E-state index contributed by atoms with van der Waals surface area (Å²) in [6.07, 6.45) is 1.88. The Balaban J connectivity index is 1.32. The van der Waals surface area contributed by atoms with Gasteiger partial charge in [0.25, 0.3) is 0 Å². The number of hydrogen-bond acceptors (Lipinski definition) is 5. The van der Waals surface area contributed by atoms with Crippen molar-refractivity contribution in [3.05, 3.63) is 89.5 Å². The molecule has 1 atom stereocenters. The van der Waals surface area contributed by atoms with Crippen LogP contribution >= 0.6 is 0 Å². The first-order valence-corrected chi connectivity index (χ1v) is 13.3. The van der Waals surface area contributed by atoms with Gasteiger partial charge in [-0.1, -0.05) is 42.5 Å². The molecule has 3 aromatic rings. The molecule has 3 aromatic carbocycles. The molecule has 0 aromatic heterocycles. The van der Waals surface area contributed by atoms with Crippen LogP contribution in [0.2, 0.25) is 0 Å². The zero-order valence-electron chi connectivity index (χ0n) is 20.3. The van der Waals surface area contributed by atoms with Crippen molar-refractivity contribution >= 4 is 34.1 Å². The topological polar surface area (TPSA) is 112 Å². The third kappa shape index (κ3) is 6.71. The summed E-state index contributed by atoms with van der Waals surface area (Å²) in [6, 6.07) is 22.6. The molecule has 1 aliphatic heterocycles. The highest BCUT2D eigenvalue weighted by Gasteiger charge is 2.23. The predicted octanol–water partition coefficient (Wildman–Crippen LogP) is 3.27. The Morgan fingerprint density at radius 1 is 1.00 bits per heavy atom. The lowest BCUT2D eigenvalue weighted by molar-refractivity contribution is -0.115. The SMILES string of the molecule is CS(=O)N1CCN(C(=N)c2cc(NC(=O)Cc3ccc(OCc4ccccc4)cc3)ccc2N)CC1. The molecule has 1 amide bonds. The van der Waals surface area contributed by atoms with Crippen LogP contribution in [0.15, 0.2) is 72.8 Å². The van der Waals surface area contributed by atoms with Crippen LogP contribution < -0.4 is 15.8 Å². The van der Waals surface area contributed by atoms with E-state index in [0.717, 1.165) is 16.9 Å². The fourth-order valence-corrected chi connectivity index (χ4v) is 4.69. The summed E-state index contributed by atoms with van der Waals surface area (Å²) in [6.45, 7) is 2.93. The monoisotopic (exact) mass is 505 g/mol. The third-order valence-electron chi connectivity index (χ3n) is 6.05. The fourth-order valence-electron chi connectivity index (χ4n) is 4.01. The summed E-state index contributed by atoms with van der Waals surface area (Å²) in [5, 5.41) is 11.5. The maximum absolute atomic E-state index is 12.7. The largest absolute Gasteiger partial charge is 0.489 e. The van der Waals surface area contributed by atoms with Gasteiger partial charge in [0, 0.05) is 49.4 Å². The van der Waals surface area contributed by atoms with Crippen molar-refractivity contribution in [1.82, 2.24) is 9.21 Å². The minimum atomic E-state index is -1.01. The van der Waals surface area contributed by atoms with E-state index >= 15 is 0 Å². The van der Waals surface area contributed by atoms with E-state index in [0.29, 0.717) is 55.6 Å². The van der Waals surface area contributed by atoms with Gasteiger partial charge >= 0.3 is 0 Å². The Bertz CT molecular complexity index is 1230. The molecule has 0 aliphatic carbocycles. The Hall–Kier alpha value is -3.69. The van der Waals surface area contributed by atoms with E-state index < -0.39 is 11.0 Å². The maximum Gasteiger partial charge on any atom is 0.228 e. The highest BCUT2D eigenvalue weighted by molar-refractivity contribution is 7.81.